The van der Waals surface area contributed by atoms with Gasteiger partial charge in [0.1, 0.15) is 12.1 Å². The van der Waals surface area contributed by atoms with Crippen molar-refractivity contribution in [3.05, 3.63) is 29.5 Å². The second kappa shape index (κ2) is 7.90. The number of nitrogens with one attached hydrogen (secondary N) is 1. The molecule has 1 fully saturated rings. The monoisotopic (exact) mass is 334 g/mol. The lowest BCUT2D eigenvalue weighted by Crippen LogP contribution is -2.39. The van der Waals surface area contributed by atoms with Gasteiger partial charge in [-0.25, -0.2) is 9.97 Å². The SMILES string of the molecule is COCCCN1CCC(Nc2ncnc3cc(Cl)ccc23)CC1. The zero-order valence-corrected chi connectivity index (χ0v) is 14.2. The fourth-order valence-corrected chi connectivity index (χ4v) is 3.24. The highest BCUT2D eigenvalue weighted by molar-refractivity contribution is 6.31. The number of aromatic nitrogens is 2. The van der Waals surface area contributed by atoms with E-state index < -0.39 is 0 Å². The molecule has 3 rings (SSSR count). The van der Waals surface area contributed by atoms with Crippen LogP contribution in [0.25, 0.3) is 10.9 Å². The zero-order chi connectivity index (χ0) is 16.1. The van der Waals surface area contributed by atoms with Crippen LogP contribution in [-0.4, -0.2) is 54.3 Å². The molecule has 23 heavy (non-hydrogen) atoms. The van der Waals surface area contributed by atoms with Crippen LogP contribution in [0.2, 0.25) is 5.02 Å². The molecule has 1 saturated heterocycles. The molecule has 1 aromatic heterocycles. The molecule has 0 saturated carbocycles. The topological polar surface area (TPSA) is 50.3 Å². The van der Waals surface area contributed by atoms with Crippen molar-refractivity contribution in [1.29, 1.82) is 0 Å². The molecular formula is C17H23ClN4O. The quantitative estimate of drug-likeness (QED) is 0.822. The molecule has 2 heterocycles. The number of rotatable bonds is 6. The summed E-state index contributed by atoms with van der Waals surface area (Å²) in [4.78, 5) is 11.2. The van der Waals surface area contributed by atoms with Crippen LogP contribution in [0.15, 0.2) is 24.5 Å². The molecule has 1 N–H and O–H groups in total. The summed E-state index contributed by atoms with van der Waals surface area (Å²) in [7, 11) is 1.76. The van der Waals surface area contributed by atoms with E-state index in [1.807, 2.05) is 18.2 Å². The number of likely N-dealkylation sites (tertiary alicyclic amines) is 1. The van der Waals surface area contributed by atoms with Crippen LogP contribution < -0.4 is 5.32 Å². The predicted molar refractivity (Wildman–Crippen MR) is 94.1 cm³/mol. The largest absolute Gasteiger partial charge is 0.385 e. The van der Waals surface area contributed by atoms with Crippen molar-refractivity contribution < 1.29 is 4.74 Å². The third-order valence-corrected chi connectivity index (χ3v) is 4.58. The van der Waals surface area contributed by atoms with Gasteiger partial charge in [-0.1, -0.05) is 11.6 Å². The number of piperidine rings is 1. The van der Waals surface area contributed by atoms with Crippen molar-refractivity contribution in [2.24, 2.45) is 0 Å². The first-order chi connectivity index (χ1) is 11.3. The summed E-state index contributed by atoms with van der Waals surface area (Å²) in [5.74, 6) is 0.907. The molecule has 5 nitrogen and oxygen atoms in total. The second-order valence-electron chi connectivity index (χ2n) is 5.99. The van der Waals surface area contributed by atoms with Crippen molar-refractivity contribution in [2.45, 2.75) is 25.3 Å². The van der Waals surface area contributed by atoms with E-state index >= 15 is 0 Å². The van der Waals surface area contributed by atoms with Gasteiger partial charge < -0.3 is 15.0 Å². The van der Waals surface area contributed by atoms with E-state index in [-0.39, 0.29) is 0 Å². The number of hydrogen-bond donors (Lipinski definition) is 1. The fourth-order valence-electron chi connectivity index (χ4n) is 3.07. The molecule has 1 aliphatic rings. The minimum Gasteiger partial charge on any atom is -0.385 e. The Morgan fingerprint density at radius 2 is 2.13 bits per heavy atom. The summed E-state index contributed by atoms with van der Waals surface area (Å²) in [5.41, 5.74) is 0.881. The van der Waals surface area contributed by atoms with E-state index in [9.17, 15) is 0 Å². The van der Waals surface area contributed by atoms with Crippen LogP contribution >= 0.6 is 11.6 Å². The number of methoxy groups -OCH3 is 1. The summed E-state index contributed by atoms with van der Waals surface area (Å²) in [6, 6.07) is 6.21. The highest BCUT2D eigenvalue weighted by Gasteiger charge is 2.19. The molecule has 6 heteroatoms. The van der Waals surface area contributed by atoms with Crippen LogP contribution in [0.5, 0.6) is 0 Å². The van der Waals surface area contributed by atoms with E-state index in [1.54, 1.807) is 13.4 Å². The van der Waals surface area contributed by atoms with E-state index in [4.69, 9.17) is 16.3 Å². The van der Waals surface area contributed by atoms with Gasteiger partial charge in [0.05, 0.1) is 5.52 Å². The number of ether oxygens (including phenoxy) is 1. The van der Waals surface area contributed by atoms with Gasteiger partial charge in [0.25, 0.3) is 0 Å². The maximum atomic E-state index is 6.04. The van der Waals surface area contributed by atoms with Crippen molar-refractivity contribution in [2.75, 3.05) is 38.7 Å². The van der Waals surface area contributed by atoms with Gasteiger partial charge in [0, 0.05) is 49.8 Å². The number of fused-ring (bicyclic) bond motifs is 1. The number of nitrogens with zero attached hydrogens (tertiary/aromatic N) is 3. The standard InChI is InChI=1S/C17H23ClN4O/c1-23-10-2-7-22-8-5-14(6-9-22)21-17-15-4-3-13(18)11-16(15)19-12-20-17/h3-4,11-12,14H,2,5-10H2,1H3,(H,19,20,21). The lowest BCUT2D eigenvalue weighted by Gasteiger charge is -2.32. The molecule has 2 aromatic rings. The van der Waals surface area contributed by atoms with Gasteiger partial charge in [-0.3, -0.25) is 0 Å². The highest BCUT2D eigenvalue weighted by Crippen LogP contribution is 2.24. The lowest BCUT2D eigenvalue weighted by atomic mass is 10.0. The van der Waals surface area contributed by atoms with E-state index in [2.05, 4.69) is 20.2 Å². The van der Waals surface area contributed by atoms with Crippen molar-refractivity contribution in [1.82, 2.24) is 14.9 Å². The van der Waals surface area contributed by atoms with Crippen molar-refractivity contribution in [3.63, 3.8) is 0 Å². The van der Waals surface area contributed by atoms with Gasteiger partial charge in [0.2, 0.25) is 0 Å². The van der Waals surface area contributed by atoms with Gasteiger partial charge in [-0.15, -0.1) is 0 Å². The Labute approximate surface area is 142 Å². The van der Waals surface area contributed by atoms with Crippen LogP contribution in [0, 0.1) is 0 Å². The van der Waals surface area contributed by atoms with Crippen LogP contribution in [-0.2, 0) is 4.74 Å². The zero-order valence-electron chi connectivity index (χ0n) is 13.5. The molecule has 0 radical (unpaired) electrons. The molecule has 0 amide bonds. The Bertz CT molecular complexity index is 644. The predicted octanol–water partition coefficient (Wildman–Crippen LogP) is 3.20. The molecule has 1 aliphatic heterocycles. The summed E-state index contributed by atoms with van der Waals surface area (Å²) in [6.45, 7) is 4.20. The summed E-state index contributed by atoms with van der Waals surface area (Å²) < 4.78 is 5.12. The Balaban J connectivity index is 1.59. The van der Waals surface area contributed by atoms with E-state index in [1.165, 1.54) is 0 Å². The molecule has 1 aromatic carbocycles. The summed E-state index contributed by atoms with van der Waals surface area (Å²) in [5, 5.41) is 5.31. The third kappa shape index (κ3) is 4.31. The Kier molecular flexibility index (Phi) is 5.65. The molecule has 0 bridgehead atoms. The average Bonchev–Trinajstić information content (AvgIpc) is 2.56. The number of hydrogen-bond acceptors (Lipinski definition) is 5. The molecule has 124 valence electrons. The lowest BCUT2D eigenvalue weighted by molar-refractivity contribution is 0.159. The maximum Gasteiger partial charge on any atom is 0.137 e. The number of benzene rings is 1. The van der Waals surface area contributed by atoms with Crippen LogP contribution in [0.1, 0.15) is 19.3 Å². The molecule has 0 atom stereocenters. The Morgan fingerprint density at radius 1 is 1.30 bits per heavy atom. The van der Waals surface area contributed by atoms with Crippen LogP contribution in [0.4, 0.5) is 5.82 Å². The second-order valence-corrected chi connectivity index (χ2v) is 6.43. The summed E-state index contributed by atoms with van der Waals surface area (Å²) in [6.07, 6.45) is 4.96. The minimum absolute atomic E-state index is 0.461. The number of anilines is 1. The van der Waals surface area contributed by atoms with Gasteiger partial charge in [-0.2, -0.15) is 0 Å². The normalized spacial score (nSPS) is 16.8. The van der Waals surface area contributed by atoms with Crippen LogP contribution in [0.3, 0.4) is 0 Å². The first-order valence-corrected chi connectivity index (χ1v) is 8.52. The molecule has 0 spiro atoms. The first-order valence-electron chi connectivity index (χ1n) is 8.14. The van der Waals surface area contributed by atoms with E-state index in [0.717, 1.165) is 62.2 Å². The minimum atomic E-state index is 0.461. The molecule has 0 aliphatic carbocycles. The van der Waals surface area contributed by atoms with Gasteiger partial charge in [-0.05, 0) is 37.5 Å². The fraction of sp³-hybridized carbons (Fsp3) is 0.529. The smallest absolute Gasteiger partial charge is 0.137 e. The summed E-state index contributed by atoms with van der Waals surface area (Å²) >= 11 is 6.04. The maximum absolute atomic E-state index is 6.04. The van der Waals surface area contributed by atoms with Gasteiger partial charge in [0.15, 0.2) is 0 Å². The first kappa shape index (κ1) is 16.4. The van der Waals surface area contributed by atoms with Gasteiger partial charge >= 0.3 is 0 Å². The molecular weight excluding hydrogens is 312 g/mol. The average molecular weight is 335 g/mol. The Morgan fingerprint density at radius 3 is 2.91 bits per heavy atom. The van der Waals surface area contributed by atoms with E-state index in [0.29, 0.717) is 11.1 Å². The number of halogens is 1. The Hall–Kier alpha value is -1.43. The molecule has 0 unspecified atom stereocenters. The third-order valence-electron chi connectivity index (χ3n) is 4.35. The van der Waals surface area contributed by atoms with Crippen molar-refractivity contribution >= 4 is 28.3 Å². The van der Waals surface area contributed by atoms with Crippen molar-refractivity contribution in [3.8, 4) is 0 Å². The highest BCUT2D eigenvalue weighted by atomic mass is 35.5.